The molecule has 0 fully saturated rings. The first kappa shape index (κ1) is 11.2. The zero-order valence-electron chi connectivity index (χ0n) is 8.27. The lowest BCUT2D eigenvalue weighted by atomic mass is 10.4. The Balaban J connectivity index is 2.50. The van der Waals surface area contributed by atoms with Crippen molar-refractivity contribution < 1.29 is 13.0 Å². The summed E-state index contributed by atoms with van der Waals surface area (Å²) in [6, 6.07) is 1.92. The van der Waals surface area contributed by atoms with Crippen LogP contribution in [0.3, 0.4) is 0 Å². The molecular weight excluding hydrogens is 204 g/mol. The number of rotatable bonds is 4. The summed E-state index contributed by atoms with van der Waals surface area (Å²) < 4.78 is 31.1. The van der Waals surface area contributed by atoms with E-state index in [4.69, 9.17) is 4.55 Å². The third-order valence-electron chi connectivity index (χ3n) is 1.88. The van der Waals surface area contributed by atoms with Crippen LogP contribution in [-0.4, -0.2) is 28.5 Å². The predicted molar refractivity (Wildman–Crippen MR) is 52.7 cm³/mol. The van der Waals surface area contributed by atoms with Gasteiger partial charge in [0.15, 0.2) is 0 Å². The van der Waals surface area contributed by atoms with E-state index in [1.54, 1.807) is 4.68 Å². The summed E-state index contributed by atoms with van der Waals surface area (Å²) in [5.41, 5.74) is 1.91. The van der Waals surface area contributed by atoms with Crippen molar-refractivity contribution in [3.63, 3.8) is 0 Å². The van der Waals surface area contributed by atoms with Gasteiger partial charge in [0, 0.05) is 12.2 Å². The van der Waals surface area contributed by atoms with Crippen molar-refractivity contribution in [3.8, 4) is 0 Å². The maximum Gasteiger partial charge on any atom is 0.264 e. The van der Waals surface area contributed by atoms with Gasteiger partial charge in [0.2, 0.25) is 0 Å². The molecule has 5 nitrogen and oxygen atoms in total. The molecule has 0 unspecified atom stereocenters. The Hall–Kier alpha value is -0.880. The Labute approximate surface area is 83.5 Å². The Kier molecular flexibility index (Phi) is 3.28. The average molecular weight is 218 g/mol. The van der Waals surface area contributed by atoms with Crippen molar-refractivity contribution in [3.05, 3.63) is 17.5 Å². The summed E-state index contributed by atoms with van der Waals surface area (Å²) in [7, 11) is -3.84. The van der Waals surface area contributed by atoms with Gasteiger partial charge in [-0.15, -0.1) is 0 Å². The molecule has 14 heavy (non-hydrogen) atoms. The molecule has 0 atom stereocenters. The number of hydrogen-bond donors (Lipinski definition) is 1. The highest BCUT2D eigenvalue weighted by Crippen LogP contribution is 2.03. The van der Waals surface area contributed by atoms with Crippen LogP contribution in [0.2, 0.25) is 0 Å². The van der Waals surface area contributed by atoms with Crippen LogP contribution in [0.1, 0.15) is 17.8 Å². The molecule has 80 valence electrons. The molecule has 1 heterocycles. The molecule has 0 saturated heterocycles. The third-order valence-corrected chi connectivity index (χ3v) is 2.68. The molecule has 0 aliphatic carbocycles. The number of aryl methyl sites for hydroxylation is 3. The summed E-state index contributed by atoms with van der Waals surface area (Å²) in [4.78, 5) is 0. The lowest BCUT2D eigenvalue weighted by Crippen LogP contribution is -2.09. The minimum atomic E-state index is -3.84. The standard InChI is InChI=1S/C8H14N2O3S/c1-7-6-8(2)10(9-7)4-3-5-14(11,12)13/h6H,3-5H2,1-2H3,(H,11,12,13). The normalized spacial score (nSPS) is 11.9. The van der Waals surface area contributed by atoms with E-state index in [0.29, 0.717) is 13.0 Å². The monoisotopic (exact) mass is 218 g/mol. The first-order valence-corrected chi connectivity index (χ1v) is 5.95. The summed E-state index contributed by atoms with van der Waals surface area (Å²) in [6.45, 7) is 4.30. The lowest BCUT2D eigenvalue weighted by molar-refractivity contribution is 0.475. The molecule has 0 bridgehead atoms. The van der Waals surface area contributed by atoms with Crippen LogP contribution in [-0.2, 0) is 16.7 Å². The van der Waals surface area contributed by atoms with Gasteiger partial charge in [0.25, 0.3) is 10.1 Å². The van der Waals surface area contributed by atoms with E-state index >= 15 is 0 Å². The van der Waals surface area contributed by atoms with E-state index in [1.165, 1.54) is 0 Å². The molecule has 0 spiro atoms. The van der Waals surface area contributed by atoms with Gasteiger partial charge in [-0.3, -0.25) is 9.23 Å². The maximum absolute atomic E-state index is 10.4. The quantitative estimate of drug-likeness (QED) is 0.758. The van der Waals surface area contributed by atoms with Crippen molar-refractivity contribution in [1.82, 2.24) is 9.78 Å². The fourth-order valence-electron chi connectivity index (χ4n) is 1.30. The van der Waals surface area contributed by atoms with Gasteiger partial charge in [-0.05, 0) is 26.3 Å². The predicted octanol–water partition coefficient (Wildman–Crippen LogP) is 0.778. The number of hydrogen-bond acceptors (Lipinski definition) is 3. The topological polar surface area (TPSA) is 72.2 Å². The van der Waals surface area contributed by atoms with Crippen LogP contribution in [0.25, 0.3) is 0 Å². The second kappa shape index (κ2) is 4.10. The van der Waals surface area contributed by atoms with Crippen molar-refractivity contribution in [1.29, 1.82) is 0 Å². The van der Waals surface area contributed by atoms with Gasteiger partial charge in [-0.2, -0.15) is 13.5 Å². The van der Waals surface area contributed by atoms with Crippen molar-refractivity contribution in [2.75, 3.05) is 5.75 Å². The second-order valence-electron chi connectivity index (χ2n) is 3.29. The molecule has 1 N–H and O–H groups in total. The van der Waals surface area contributed by atoms with E-state index in [1.807, 2.05) is 19.9 Å². The zero-order valence-corrected chi connectivity index (χ0v) is 9.08. The molecule has 1 aromatic rings. The Morgan fingerprint density at radius 1 is 1.50 bits per heavy atom. The highest BCUT2D eigenvalue weighted by Gasteiger charge is 2.05. The fourth-order valence-corrected chi connectivity index (χ4v) is 1.79. The van der Waals surface area contributed by atoms with Crippen molar-refractivity contribution >= 4 is 10.1 Å². The van der Waals surface area contributed by atoms with E-state index in [-0.39, 0.29) is 5.75 Å². The van der Waals surface area contributed by atoms with Gasteiger partial charge < -0.3 is 0 Å². The highest BCUT2D eigenvalue weighted by atomic mass is 32.2. The molecule has 1 aromatic heterocycles. The molecular formula is C8H14N2O3S. The van der Waals surface area contributed by atoms with Gasteiger partial charge in [0.1, 0.15) is 0 Å². The largest absolute Gasteiger partial charge is 0.286 e. The lowest BCUT2D eigenvalue weighted by Gasteiger charge is -2.02. The van der Waals surface area contributed by atoms with Crippen LogP contribution in [0.15, 0.2) is 6.07 Å². The Morgan fingerprint density at radius 2 is 2.14 bits per heavy atom. The Bertz CT molecular complexity index is 408. The van der Waals surface area contributed by atoms with E-state index < -0.39 is 10.1 Å². The van der Waals surface area contributed by atoms with Crippen LogP contribution < -0.4 is 0 Å². The SMILES string of the molecule is Cc1cc(C)n(CCCS(=O)(=O)O)n1. The average Bonchev–Trinajstić information content (AvgIpc) is 2.27. The first-order chi connectivity index (χ1) is 6.38. The van der Waals surface area contributed by atoms with E-state index in [9.17, 15) is 8.42 Å². The summed E-state index contributed by atoms with van der Waals surface area (Å²) >= 11 is 0. The molecule has 1 rings (SSSR count). The molecule has 0 radical (unpaired) electrons. The van der Waals surface area contributed by atoms with Gasteiger partial charge >= 0.3 is 0 Å². The van der Waals surface area contributed by atoms with Crippen LogP contribution in [0, 0.1) is 13.8 Å². The van der Waals surface area contributed by atoms with Gasteiger partial charge in [0.05, 0.1) is 11.4 Å². The highest BCUT2D eigenvalue weighted by molar-refractivity contribution is 7.85. The van der Waals surface area contributed by atoms with Crippen molar-refractivity contribution in [2.45, 2.75) is 26.8 Å². The number of nitrogens with zero attached hydrogens (tertiary/aromatic N) is 2. The van der Waals surface area contributed by atoms with E-state index in [2.05, 4.69) is 5.10 Å². The van der Waals surface area contributed by atoms with Crippen LogP contribution >= 0.6 is 0 Å². The fraction of sp³-hybridized carbons (Fsp3) is 0.625. The summed E-state index contributed by atoms with van der Waals surface area (Å²) in [5, 5.41) is 4.17. The van der Waals surface area contributed by atoms with Crippen LogP contribution in [0.4, 0.5) is 0 Å². The summed E-state index contributed by atoms with van der Waals surface area (Å²) in [5.74, 6) is -0.217. The van der Waals surface area contributed by atoms with Crippen LogP contribution in [0.5, 0.6) is 0 Å². The van der Waals surface area contributed by atoms with E-state index in [0.717, 1.165) is 11.4 Å². The maximum atomic E-state index is 10.4. The smallest absolute Gasteiger partial charge is 0.264 e. The third kappa shape index (κ3) is 3.47. The number of aromatic nitrogens is 2. The summed E-state index contributed by atoms with van der Waals surface area (Å²) in [6.07, 6.45) is 0.376. The Morgan fingerprint density at radius 3 is 2.57 bits per heavy atom. The van der Waals surface area contributed by atoms with Gasteiger partial charge in [-0.25, -0.2) is 0 Å². The van der Waals surface area contributed by atoms with Gasteiger partial charge in [-0.1, -0.05) is 0 Å². The molecule has 0 amide bonds. The molecule has 0 saturated carbocycles. The second-order valence-corrected chi connectivity index (χ2v) is 4.86. The zero-order chi connectivity index (χ0) is 10.8. The van der Waals surface area contributed by atoms with Crippen molar-refractivity contribution in [2.24, 2.45) is 0 Å². The molecule has 0 aromatic carbocycles. The molecule has 0 aliphatic heterocycles. The molecule has 0 aliphatic rings. The minimum Gasteiger partial charge on any atom is -0.286 e. The first-order valence-electron chi connectivity index (χ1n) is 4.35. The minimum absolute atomic E-state index is 0.217. The molecule has 6 heteroatoms.